The molecule has 1 aromatic rings. The molecular formula is C12H15N2Na3O5S2. The van der Waals surface area contributed by atoms with Crippen LogP contribution in [0.2, 0.25) is 0 Å². The summed E-state index contributed by atoms with van der Waals surface area (Å²) in [7, 11) is -5.98. The van der Waals surface area contributed by atoms with Gasteiger partial charge in [0.15, 0.2) is 21.4 Å². The monoisotopic (exact) mass is 400 g/mol. The van der Waals surface area contributed by atoms with Gasteiger partial charge in [0.05, 0.1) is 10.6 Å². The number of hydrazine groups is 1. The number of hydrogen-bond acceptors (Lipinski definition) is 7. The number of rotatable bonds is 4. The van der Waals surface area contributed by atoms with Gasteiger partial charge in [-0.2, -0.15) is 0 Å². The van der Waals surface area contributed by atoms with Crippen molar-refractivity contribution in [2.24, 2.45) is 5.84 Å². The number of allylic oxidation sites excluding steroid dienone is 2. The Hall–Kier alpha value is 1.03. The molecule has 12 heteroatoms. The molecule has 2 N–H and O–H groups in total. The summed E-state index contributed by atoms with van der Waals surface area (Å²) in [6, 6.07) is 5.22. The van der Waals surface area contributed by atoms with Crippen molar-refractivity contribution in [1.29, 1.82) is 0 Å². The molecule has 7 nitrogen and oxygen atoms in total. The van der Waals surface area contributed by atoms with Crippen LogP contribution in [0.1, 0.15) is 0 Å². The van der Waals surface area contributed by atoms with Crippen LogP contribution in [0.4, 0.5) is 5.69 Å². The van der Waals surface area contributed by atoms with Crippen molar-refractivity contribution in [3.8, 4) is 0 Å². The van der Waals surface area contributed by atoms with Crippen molar-refractivity contribution >= 4 is 122 Å². The Balaban J connectivity index is 0. The van der Waals surface area contributed by atoms with Crippen molar-refractivity contribution in [1.82, 2.24) is 0 Å². The predicted octanol–water partition coefficient (Wildman–Crippen LogP) is -2.61. The normalized spacial score (nSPS) is 18.5. The van der Waals surface area contributed by atoms with Crippen molar-refractivity contribution in [2.45, 2.75) is 9.77 Å². The molecule has 1 aliphatic rings. The predicted molar refractivity (Wildman–Crippen MR) is 99.5 cm³/mol. The van der Waals surface area contributed by atoms with E-state index in [1.54, 1.807) is 0 Å². The third-order valence-corrected chi connectivity index (χ3v) is 4.90. The summed E-state index contributed by atoms with van der Waals surface area (Å²) in [6.45, 7) is 0. The molecule has 1 unspecified atom stereocenters. The summed E-state index contributed by atoms with van der Waals surface area (Å²) in [5, 5.41) is 0.808. The number of carbonyl (C=O) groups excluding carboxylic acids is 1. The Morgan fingerprint density at radius 2 is 1.46 bits per heavy atom. The minimum absolute atomic E-state index is 0. The molecule has 0 aromatic heterocycles. The van der Waals surface area contributed by atoms with Gasteiger partial charge in [0.2, 0.25) is 10.7 Å². The van der Waals surface area contributed by atoms with E-state index < -0.39 is 32.1 Å². The Kier molecular flexibility index (Phi) is 13.3. The molecule has 0 bridgehead atoms. The van der Waals surface area contributed by atoms with Crippen LogP contribution >= 0.6 is 0 Å². The molecule has 0 spiro atoms. The zero-order valence-electron chi connectivity index (χ0n) is 10.6. The van der Waals surface area contributed by atoms with Gasteiger partial charge in [-0.15, -0.1) is 0 Å². The first-order valence-corrected chi connectivity index (χ1v) is 8.09. The Labute approximate surface area is 209 Å². The Morgan fingerprint density at radius 3 is 1.88 bits per heavy atom. The number of ketones is 1. The quantitative estimate of drug-likeness (QED) is 0.220. The molecule has 118 valence electrons. The molecule has 0 saturated carbocycles. The van der Waals surface area contributed by atoms with Crippen molar-refractivity contribution in [3.05, 3.63) is 48.6 Å². The second kappa shape index (κ2) is 11.7. The van der Waals surface area contributed by atoms with Crippen LogP contribution in [0, 0.1) is 0 Å². The minimum atomic E-state index is -3.23. The van der Waals surface area contributed by atoms with Gasteiger partial charge in [0.25, 0.3) is 0 Å². The van der Waals surface area contributed by atoms with Crippen LogP contribution in [0.25, 0.3) is 0 Å². The topological polar surface area (TPSA) is 115 Å². The molecule has 0 amide bonds. The fourth-order valence-electron chi connectivity index (χ4n) is 1.91. The number of hydrogen-bond donors (Lipinski definition) is 3. The second-order valence-electron chi connectivity index (χ2n) is 4.21. The van der Waals surface area contributed by atoms with E-state index in [2.05, 4.69) is 0 Å². The van der Waals surface area contributed by atoms with Crippen LogP contribution < -0.4 is 10.9 Å². The average molecular weight is 400 g/mol. The molecular weight excluding hydrogens is 385 g/mol. The number of nitrogens with zero attached hydrogens (tertiary/aromatic N) is 1. The first-order chi connectivity index (χ1) is 9.89. The maximum atomic E-state index is 12.0. The van der Waals surface area contributed by atoms with E-state index >= 15 is 0 Å². The number of carbonyl (C=O) groups is 1. The fraction of sp³-hybridized carbons (Fsp3) is 0.0833. The van der Waals surface area contributed by atoms with E-state index in [0.717, 1.165) is 11.1 Å². The zero-order chi connectivity index (χ0) is 15.6. The second-order valence-corrected chi connectivity index (χ2v) is 6.44. The van der Waals surface area contributed by atoms with Crippen LogP contribution in [0.3, 0.4) is 0 Å². The van der Waals surface area contributed by atoms with Gasteiger partial charge in [-0.3, -0.25) is 9.80 Å². The van der Waals surface area contributed by atoms with Gasteiger partial charge in [-0.05, 0) is 36.4 Å². The third kappa shape index (κ3) is 5.51. The first kappa shape index (κ1) is 27.3. The third-order valence-electron chi connectivity index (χ3n) is 3.03. The molecule has 0 radical (unpaired) electrons. The standard InChI is InChI=1S/C12H12N2O5S2.3Na.3H/c13-14(9-4-6-10(7-5-9)20(16)17)12(21(18)19)8-2-1-3-11(12)15;;;;;;/h1-8,20-21H,13H2;;;;;;. The maximum absolute atomic E-state index is 12.0. The number of benzene rings is 1. The van der Waals surface area contributed by atoms with Crippen LogP contribution in [0.15, 0.2) is 53.5 Å². The van der Waals surface area contributed by atoms with Gasteiger partial charge in [-0.25, -0.2) is 22.7 Å². The molecule has 2 rings (SSSR count). The van der Waals surface area contributed by atoms with Crippen LogP contribution in [-0.4, -0.2) is 116 Å². The number of nitrogens with two attached hydrogens (primary N) is 1. The average Bonchev–Trinajstić information content (AvgIpc) is 2.47. The zero-order valence-corrected chi connectivity index (χ0v) is 12.4. The molecule has 0 aliphatic heterocycles. The first-order valence-electron chi connectivity index (χ1n) is 5.74. The van der Waals surface area contributed by atoms with Gasteiger partial charge in [0, 0.05) is 0 Å². The molecule has 0 heterocycles. The van der Waals surface area contributed by atoms with Crippen molar-refractivity contribution in [2.75, 3.05) is 5.01 Å². The van der Waals surface area contributed by atoms with Gasteiger partial charge in [0.1, 0.15) is 0 Å². The van der Waals surface area contributed by atoms with Gasteiger partial charge >= 0.3 is 88.7 Å². The fourth-order valence-corrected chi connectivity index (χ4v) is 3.05. The van der Waals surface area contributed by atoms with Crippen molar-refractivity contribution in [3.63, 3.8) is 0 Å². The summed E-state index contributed by atoms with van der Waals surface area (Å²) in [4.78, 5) is 10.1. The molecule has 1 atom stereocenters. The molecule has 1 aliphatic carbocycles. The van der Waals surface area contributed by atoms with Crippen molar-refractivity contribution < 1.29 is 21.6 Å². The molecule has 0 saturated heterocycles. The van der Waals surface area contributed by atoms with E-state index in [0.29, 0.717) is 0 Å². The van der Waals surface area contributed by atoms with Gasteiger partial charge < -0.3 is 0 Å². The molecule has 24 heavy (non-hydrogen) atoms. The summed E-state index contributed by atoms with van der Waals surface area (Å²) >= 11 is 0. The summed E-state index contributed by atoms with van der Waals surface area (Å²) in [5.74, 6) is 5.12. The van der Waals surface area contributed by atoms with E-state index in [-0.39, 0.29) is 99.3 Å². The SMILES string of the molecule is NN(c1ccc([SH](=O)=O)cc1)C1([SH](=O)=O)C=CC=CC1=O.[NaH].[NaH].[NaH]. The summed E-state index contributed by atoms with van der Waals surface area (Å²) in [5.41, 5.74) is 0.197. The summed E-state index contributed by atoms with van der Waals surface area (Å²) in [6.07, 6.45) is 5.13. The molecule has 0 fully saturated rings. The van der Waals surface area contributed by atoms with Gasteiger partial charge in [-0.1, -0.05) is 12.2 Å². The van der Waals surface area contributed by atoms with E-state index in [1.165, 1.54) is 42.5 Å². The van der Waals surface area contributed by atoms with Crippen LogP contribution in [-0.2, 0) is 26.2 Å². The molecule has 1 aromatic carbocycles. The Morgan fingerprint density at radius 1 is 0.917 bits per heavy atom. The number of thiol groups is 2. The number of anilines is 1. The van der Waals surface area contributed by atoms with E-state index in [9.17, 15) is 21.6 Å². The van der Waals surface area contributed by atoms with Crippen LogP contribution in [0.5, 0.6) is 0 Å². The van der Waals surface area contributed by atoms with E-state index in [1.807, 2.05) is 0 Å². The van der Waals surface area contributed by atoms with E-state index in [4.69, 9.17) is 5.84 Å². The summed E-state index contributed by atoms with van der Waals surface area (Å²) < 4.78 is 44.8. The Bertz CT molecular complexity index is 774.